The van der Waals surface area contributed by atoms with E-state index in [9.17, 15) is 8.42 Å². The zero-order valence-corrected chi connectivity index (χ0v) is 11.7. The number of nitrogen functional groups attached to an aromatic ring is 1. The summed E-state index contributed by atoms with van der Waals surface area (Å²) in [5, 5.41) is 0. The largest absolute Gasteiger partial charge is 0.382 e. The number of hydrogen-bond donors (Lipinski definition) is 3. The summed E-state index contributed by atoms with van der Waals surface area (Å²) in [7, 11) is -0.639. The third kappa shape index (κ3) is 4.44. The van der Waals surface area contributed by atoms with E-state index < -0.39 is 10.0 Å². The van der Waals surface area contributed by atoms with Gasteiger partial charge in [-0.1, -0.05) is 12.1 Å². The van der Waals surface area contributed by atoms with Crippen molar-refractivity contribution in [3.8, 4) is 0 Å². The number of benzene rings is 1. The summed E-state index contributed by atoms with van der Waals surface area (Å²) in [6.07, 6.45) is -0.349. The topological polar surface area (TPSA) is 103 Å². The number of methoxy groups -OCH3 is 2. The van der Waals surface area contributed by atoms with Crippen molar-refractivity contribution < 1.29 is 17.9 Å². The fraction of sp³-hybridized carbons (Fsp3) is 0.455. The van der Waals surface area contributed by atoms with E-state index in [0.29, 0.717) is 12.3 Å². The molecule has 0 aromatic heterocycles. The van der Waals surface area contributed by atoms with Crippen molar-refractivity contribution in [2.24, 2.45) is 5.84 Å². The van der Waals surface area contributed by atoms with Gasteiger partial charge in [0, 0.05) is 20.8 Å². The van der Waals surface area contributed by atoms with Gasteiger partial charge in [0.15, 0.2) is 0 Å². The summed E-state index contributed by atoms with van der Waals surface area (Å²) in [5.74, 6) is 5.29. The van der Waals surface area contributed by atoms with Crippen LogP contribution in [-0.4, -0.2) is 41.9 Å². The molecule has 1 unspecified atom stereocenters. The highest BCUT2D eigenvalue weighted by Gasteiger charge is 2.19. The Kier molecular flexibility index (Phi) is 6.19. The van der Waals surface area contributed by atoms with Crippen LogP contribution in [0.1, 0.15) is 0 Å². The first-order valence-corrected chi connectivity index (χ1v) is 7.10. The van der Waals surface area contributed by atoms with Gasteiger partial charge in [-0.3, -0.25) is 5.84 Å². The molecule has 0 amide bonds. The van der Waals surface area contributed by atoms with E-state index in [-0.39, 0.29) is 17.5 Å². The molecule has 0 aliphatic rings. The van der Waals surface area contributed by atoms with Gasteiger partial charge in [0.1, 0.15) is 4.90 Å². The van der Waals surface area contributed by atoms with Gasteiger partial charge < -0.3 is 14.9 Å². The maximum atomic E-state index is 12.1. The summed E-state index contributed by atoms with van der Waals surface area (Å²) >= 11 is 0. The lowest BCUT2D eigenvalue weighted by molar-refractivity contribution is 0.0320. The number of para-hydroxylation sites is 1. The highest BCUT2D eigenvalue weighted by Crippen LogP contribution is 2.19. The molecule has 0 fully saturated rings. The van der Waals surface area contributed by atoms with Gasteiger partial charge in [-0.05, 0) is 12.1 Å². The van der Waals surface area contributed by atoms with E-state index in [1.165, 1.54) is 20.3 Å². The van der Waals surface area contributed by atoms with Gasteiger partial charge in [-0.2, -0.15) is 0 Å². The van der Waals surface area contributed by atoms with Crippen molar-refractivity contribution in [1.82, 2.24) is 4.72 Å². The van der Waals surface area contributed by atoms with E-state index in [0.717, 1.165) is 0 Å². The number of nitrogens with one attached hydrogen (secondary N) is 2. The fourth-order valence-electron chi connectivity index (χ4n) is 1.50. The molecule has 19 heavy (non-hydrogen) atoms. The molecule has 0 heterocycles. The first-order valence-electron chi connectivity index (χ1n) is 5.62. The zero-order valence-electron chi connectivity index (χ0n) is 10.9. The van der Waals surface area contributed by atoms with Gasteiger partial charge in [0.05, 0.1) is 18.4 Å². The second kappa shape index (κ2) is 7.41. The molecule has 0 saturated carbocycles. The molecule has 8 heteroatoms. The summed E-state index contributed by atoms with van der Waals surface area (Å²) in [6.45, 7) is 0.418. The quantitative estimate of drug-likeness (QED) is 0.456. The smallest absolute Gasteiger partial charge is 0.242 e. The first-order chi connectivity index (χ1) is 9.05. The second-order valence-corrected chi connectivity index (χ2v) is 5.54. The zero-order chi connectivity index (χ0) is 14.3. The van der Waals surface area contributed by atoms with E-state index in [2.05, 4.69) is 10.1 Å². The van der Waals surface area contributed by atoms with Crippen LogP contribution in [0.4, 0.5) is 5.69 Å². The van der Waals surface area contributed by atoms with Gasteiger partial charge >= 0.3 is 0 Å². The van der Waals surface area contributed by atoms with E-state index in [4.69, 9.17) is 15.3 Å². The average molecular weight is 289 g/mol. The molecule has 0 radical (unpaired) electrons. The van der Waals surface area contributed by atoms with E-state index >= 15 is 0 Å². The molecule has 1 rings (SSSR count). The van der Waals surface area contributed by atoms with Crippen LogP contribution in [0.5, 0.6) is 0 Å². The monoisotopic (exact) mass is 289 g/mol. The Bertz CT molecular complexity index is 492. The van der Waals surface area contributed by atoms with Crippen LogP contribution in [0.3, 0.4) is 0 Å². The minimum atomic E-state index is -3.65. The van der Waals surface area contributed by atoms with Crippen LogP contribution in [0.25, 0.3) is 0 Å². The molecule has 1 aromatic rings. The molecule has 0 aliphatic carbocycles. The number of rotatable bonds is 8. The molecule has 108 valence electrons. The number of anilines is 1. The predicted molar refractivity (Wildman–Crippen MR) is 72.1 cm³/mol. The van der Waals surface area contributed by atoms with Crippen molar-refractivity contribution in [2.45, 2.75) is 11.0 Å². The number of nitrogens with two attached hydrogens (primary N) is 1. The number of ether oxygens (including phenoxy) is 2. The molecular formula is C11H19N3O4S. The first kappa shape index (κ1) is 15.9. The number of hydrogen-bond acceptors (Lipinski definition) is 6. The molecule has 0 saturated heterocycles. The summed E-state index contributed by atoms with van der Waals surface area (Å²) < 4.78 is 36.7. The lowest BCUT2D eigenvalue weighted by Crippen LogP contribution is -2.36. The van der Waals surface area contributed by atoms with E-state index in [1.54, 1.807) is 18.2 Å². The van der Waals surface area contributed by atoms with Crippen LogP contribution in [-0.2, 0) is 19.5 Å². The molecule has 0 bridgehead atoms. The third-order valence-corrected chi connectivity index (χ3v) is 4.00. The van der Waals surface area contributed by atoms with Gasteiger partial charge in [0.2, 0.25) is 10.0 Å². The highest BCUT2D eigenvalue weighted by atomic mass is 32.2. The average Bonchev–Trinajstić information content (AvgIpc) is 2.43. The third-order valence-electron chi connectivity index (χ3n) is 2.52. The normalized spacial score (nSPS) is 13.2. The summed E-state index contributed by atoms with van der Waals surface area (Å²) in [4.78, 5) is 0.0877. The van der Waals surface area contributed by atoms with Crippen LogP contribution < -0.4 is 16.0 Å². The molecule has 0 aliphatic heterocycles. The predicted octanol–water partition coefficient (Wildman–Crippen LogP) is -0.0881. The van der Waals surface area contributed by atoms with Crippen LogP contribution in [0.15, 0.2) is 29.2 Å². The Balaban J connectivity index is 2.81. The maximum absolute atomic E-state index is 12.1. The minimum absolute atomic E-state index is 0.0877. The number of sulfonamides is 1. The van der Waals surface area contributed by atoms with Crippen molar-refractivity contribution >= 4 is 15.7 Å². The van der Waals surface area contributed by atoms with Crippen molar-refractivity contribution in [3.05, 3.63) is 24.3 Å². The van der Waals surface area contributed by atoms with Crippen LogP contribution >= 0.6 is 0 Å². The van der Waals surface area contributed by atoms with Gasteiger partial charge in [-0.15, -0.1) is 0 Å². The fourth-order valence-corrected chi connectivity index (χ4v) is 2.73. The van der Waals surface area contributed by atoms with Crippen LogP contribution in [0.2, 0.25) is 0 Å². The Morgan fingerprint density at radius 2 is 2.00 bits per heavy atom. The Labute approximate surface area is 113 Å². The number of hydrazine groups is 1. The standard InChI is InChI=1S/C11H19N3O4S/c1-17-8-9(18-2)7-13-19(15,16)11-6-4-3-5-10(11)14-12/h3-6,9,13-14H,7-8,12H2,1-2H3. The maximum Gasteiger partial charge on any atom is 0.242 e. The Hall–Kier alpha value is -1.19. The molecule has 1 atom stereocenters. The molecule has 0 spiro atoms. The summed E-state index contributed by atoms with van der Waals surface area (Å²) in [6, 6.07) is 6.36. The van der Waals surface area contributed by atoms with Gasteiger partial charge in [0.25, 0.3) is 0 Å². The highest BCUT2D eigenvalue weighted by molar-refractivity contribution is 7.89. The lowest BCUT2D eigenvalue weighted by atomic mass is 10.3. The summed E-state index contributed by atoms with van der Waals surface area (Å²) in [5.41, 5.74) is 2.68. The molecule has 7 nitrogen and oxygen atoms in total. The van der Waals surface area contributed by atoms with Crippen LogP contribution in [0, 0.1) is 0 Å². The molecule has 1 aromatic carbocycles. The SMILES string of the molecule is COCC(CNS(=O)(=O)c1ccccc1NN)OC. The van der Waals surface area contributed by atoms with Gasteiger partial charge in [-0.25, -0.2) is 13.1 Å². The van der Waals surface area contributed by atoms with E-state index in [1.807, 2.05) is 0 Å². The molecule has 4 N–H and O–H groups in total. The van der Waals surface area contributed by atoms with Crippen molar-refractivity contribution in [3.63, 3.8) is 0 Å². The molecular weight excluding hydrogens is 270 g/mol. The Morgan fingerprint density at radius 3 is 2.58 bits per heavy atom. The lowest BCUT2D eigenvalue weighted by Gasteiger charge is -2.16. The van der Waals surface area contributed by atoms with Crippen molar-refractivity contribution in [2.75, 3.05) is 32.8 Å². The Morgan fingerprint density at radius 1 is 1.32 bits per heavy atom. The van der Waals surface area contributed by atoms with Crippen molar-refractivity contribution in [1.29, 1.82) is 0 Å². The minimum Gasteiger partial charge on any atom is -0.382 e. The second-order valence-electron chi connectivity index (χ2n) is 3.81.